The van der Waals surface area contributed by atoms with Crippen molar-refractivity contribution in [2.75, 3.05) is 33.0 Å². The molecule has 0 aromatic rings. The van der Waals surface area contributed by atoms with Crippen molar-refractivity contribution in [2.45, 2.75) is 258 Å². The van der Waals surface area contributed by atoms with E-state index in [0.717, 1.165) is 32.1 Å². The van der Waals surface area contributed by atoms with E-state index in [9.17, 15) is 81.7 Å². The van der Waals surface area contributed by atoms with Crippen molar-refractivity contribution in [3.05, 3.63) is 11.6 Å². The van der Waals surface area contributed by atoms with E-state index in [2.05, 4.69) is 26.8 Å². The van der Waals surface area contributed by atoms with Crippen LogP contribution in [-0.2, 0) is 52.1 Å². The molecule has 27 heteroatoms. The van der Waals surface area contributed by atoms with Crippen LogP contribution in [0.1, 0.15) is 92.4 Å². The summed E-state index contributed by atoms with van der Waals surface area (Å²) < 4.78 is 65.5. The summed E-state index contributed by atoms with van der Waals surface area (Å²) in [6, 6.07) is 0. The van der Waals surface area contributed by atoms with Gasteiger partial charge in [-0.2, -0.15) is 0 Å². The van der Waals surface area contributed by atoms with Gasteiger partial charge in [0.1, 0.15) is 110 Å². The second-order valence-corrected chi connectivity index (χ2v) is 26.2. The van der Waals surface area contributed by atoms with Gasteiger partial charge in [0.2, 0.25) is 0 Å². The summed E-state index contributed by atoms with van der Waals surface area (Å²) in [6.07, 6.45) is -29.7. The monoisotopic (exact) mass is 1200 g/mol. The molecule has 478 valence electrons. The third-order valence-corrected chi connectivity index (χ3v) is 21.2. The second-order valence-electron chi connectivity index (χ2n) is 26.2. The topological polar surface area (TPSA) is 425 Å². The lowest BCUT2D eigenvalue weighted by molar-refractivity contribution is -0.386. The molecule has 35 atom stereocenters. The van der Waals surface area contributed by atoms with Gasteiger partial charge in [-0.05, 0) is 98.7 Å². The number of hydrogen-bond acceptors (Lipinski definition) is 27. The first kappa shape index (κ1) is 64.6. The molecule has 6 aliphatic heterocycles. The van der Waals surface area contributed by atoms with Crippen molar-refractivity contribution in [1.82, 2.24) is 0 Å². The molecule has 6 saturated heterocycles. The van der Waals surface area contributed by atoms with Gasteiger partial charge >= 0.3 is 0 Å². The van der Waals surface area contributed by atoms with Crippen LogP contribution in [0.4, 0.5) is 0 Å². The summed E-state index contributed by atoms with van der Waals surface area (Å²) in [4.78, 5) is 0. The standard InChI is InChI=1S/C56H92O27/c1-21(18-73-49-43(68)40(65)37(62)31(16-57)78-49)8-13-56(72)22(2)34-30(83-56)15-28-26-7-6-24-14-25(9-11-54(24,4)27(26)10-12-55(28,34)5)77-52-45(70)41(66)38(63)33(80-52)20-75-53-48(82-51-44(69)39(64)35(60)23(3)76-51)46(71)47(32(17-58)79-53)81-50-42(67)36(61)29(59)19-74-50/h6,21-23,25-53,57-72H,7-20H2,1-5H3/t21-,22+,23+,25-,26-,27+,28+,29+,30+,31+,32+,33+,34+,35+,36-,37+,38+,39-,40-,41-,42+,43+,44+,45+,46-,47+,48+,49+,50-,51-,52+,53+,54-,55-,56+/m1/s1. The number of allylic oxidation sites excluding steroid dienone is 1. The smallest absolute Gasteiger partial charge is 0.187 e. The molecule has 27 nitrogen and oxygen atoms in total. The molecular weight excluding hydrogens is 1100 g/mol. The van der Waals surface area contributed by atoms with E-state index in [4.69, 9.17) is 52.1 Å². The van der Waals surface area contributed by atoms with E-state index in [1.807, 2.05) is 6.92 Å². The molecule has 0 unspecified atom stereocenters. The summed E-state index contributed by atoms with van der Waals surface area (Å²) in [5.41, 5.74) is 1.02. The van der Waals surface area contributed by atoms with Crippen LogP contribution in [-0.4, -0.2) is 280 Å². The maximum absolute atomic E-state index is 12.1. The molecule has 83 heavy (non-hydrogen) atoms. The summed E-state index contributed by atoms with van der Waals surface area (Å²) in [6.45, 7) is 7.82. The molecular formula is C56H92O27. The fourth-order valence-electron chi connectivity index (χ4n) is 16.1. The van der Waals surface area contributed by atoms with Crippen molar-refractivity contribution >= 4 is 0 Å². The Morgan fingerprint density at radius 2 is 1.23 bits per heavy atom. The first-order chi connectivity index (χ1) is 39.2. The number of fused-ring (bicyclic) bond motifs is 7. The van der Waals surface area contributed by atoms with Crippen molar-refractivity contribution in [3.8, 4) is 0 Å². The van der Waals surface area contributed by atoms with Crippen LogP contribution in [0.2, 0.25) is 0 Å². The third kappa shape index (κ3) is 12.0. The van der Waals surface area contributed by atoms with Gasteiger partial charge in [0.25, 0.3) is 0 Å². The van der Waals surface area contributed by atoms with Gasteiger partial charge < -0.3 is 134 Å². The van der Waals surface area contributed by atoms with E-state index in [1.54, 1.807) is 0 Å². The van der Waals surface area contributed by atoms with Crippen LogP contribution in [0.3, 0.4) is 0 Å². The zero-order valence-corrected chi connectivity index (χ0v) is 47.6. The molecule has 3 saturated carbocycles. The van der Waals surface area contributed by atoms with Gasteiger partial charge in [-0.1, -0.05) is 39.3 Å². The van der Waals surface area contributed by atoms with Gasteiger partial charge in [-0.25, -0.2) is 0 Å². The highest BCUT2D eigenvalue weighted by atomic mass is 16.8. The molecule has 4 aliphatic carbocycles. The Morgan fingerprint density at radius 3 is 1.93 bits per heavy atom. The third-order valence-electron chi connectivity index (χ3n) is 21.2. The molecule has 0 aromatic heterocycles. The maximum Gasteiger partial charge on any atom is 0.187 e. The minimum Gasteiger partial charge on any atom is -0.394 e. The van der Waals surface area contributed by atoms with Crippen LogP contribution in [0.25, 0.3) is 0 Å². The van der Waals surface area contributed by atoms with Crippen molar-refractivity contribution in [2.24, 2.45) is 46.3 Å². The number of ether oxygens (including phenoxy) is 11. The minimum absolute atomic E-state index is 0.0747. The zero-order valence-electron chi connectivity index (χ0n) is 47.6. The van der Waals surface area contributed by atoms with Crippen molar-refractivity contribution in [3.63, 3.8) is 0 Å². The molecule has 16 N–H and O–H groups in total. The van der Waals surface area contributed by atoms with Gasteiger partial charge in [0.15, 0.2) is 37.2 Å². The highest BCUT2D eigenvalue weighted by Gasteiger charge is 2.68. The number of aliphatic hydroxyl groups excluding tert-OH is 15. The Labute approximate surface area is 481 Å². The van der Waals surface area contributed by atoms with E-state index in [0.29, 0.717) is 43.4 Å². The van der Waals surface area contributed by atoms with E-state index >= 15 is 0 Å². The molecule has 0 spiro atoms. The molecule has 9 fully saturated rings. The van der Waals surface area contributed by atoms with Crippen molar-refractivity contribution < 1.29 is 134 Å². The lowest BCUT2D eigenvalue weighted by atomic mass is 9.47. The molecule has 0 amide bonds. The Kier molecular flexibility index (Phi) is 19.9. The normalized spacial score (nSPS) is 55.0. The quantitative estimate of drug-likeness (QED) is 0.0610. The molecule has 10 aliphatic rings. The maximum atomic E-state index is 12.1. The van der Waals surface area contributed by atoms with E-state index in [1.165, 1.54) is 12.5 Å². The van der Waals surface area contributed by atoms with Gasteiger partial charge in [0, 0.05) is 12.3 Å². The SMILES string of the molecule is C[C@H](CC[C@]1(O)O[C@H]2C[C@H]3[C@@H]4CC=C5C[C@H](O[C@H]6O[C@@H](CO[C@H]7O[C@@H](CO)[C@H](O[C@H]8OC[C@H](O)[C@@H](O)[C@@H]8O)[C@@H](O)[C@@H]7O[C@H]7O[C@@H](C)[C@H](O)[C@@H](O)[C@@H]7O)[C@H](O)[C@@H](O)[C@@H]6O)CC[C@@]5(C)[C@H]4CC[C@@]3(C)[C@H]2[C@@H]1C)CO[C@H]1O[C@@H](CO)[C@H](O)[C@@H](O)[C@@H]1O. The van der Waals surface area contributed by atoms with Gasteiger partial charge in [-0.15, -0.1) is 0 Å². The summed E-state index contributed by atoms with van der Waals surface area (Å²) in [5.74, 6) is -0.337. The fourth-order valence-corrected chi connectivity index (χ4v) is 16.1. The Balaban J connectivity index is 0.754. The lowest BCUT2D eigenvalue weighted by Gasteiger charge is -2.58. The molecule has 0 aromatic carbocycles. The lowest BCUT2D eigenvalue weighted by Crippen LogP contribution is -2.66. The largest absolute Gasteiger partial charge is 0.394 e. The molecule has 0 radical (unpaired) electrons. The highest BCUT2D eigenvalue weighted by molar-refractivity contribution is 5.26. The van der Waals surface area contributed by atoms with Crippen LogP contribution in [0.15, 0.2) is 11.6 Å². The van der Waals surface area contributed by atoms with Gasteiger partial charge in [-0.3, -0.25) is 0 Å². The number of aliphatic hydroxyl groups is 16. The van der Waals surface area contributed by atoms with Crippen LogP contribution in [0.5, 0.6) is 0 Å². The van der Waals surface area contributed by atoms with E-state index in [-0.39, 0.29) is 41.3 Å². The average Bonchev–Trinajstić information content (AvgIpc) is 2.35. The van der Waals surface area contributed by atoms with Gasteiger partial charge in [0.05, 0.1) is 51.3 Å². The number of rotatable bonds is 17. The highest BCUT2D eigenvalue weighted by Crippen LogP contribution is 2.70. The van der Waals surface area contributed by atoms with Crippen LogP contribution in [0, 0.1) is 46.3 Å². The predicted molar refractivity (Wildman–Crippen MR) is 277 cm³/mol. The molecule has 10 rings (SSSR count). The zero-order chi connectivity index (χ0) is 59.9. The molecule has 6 heterocycles. The minimum atomic E-state index is -1.89. The summed E-state index contributed by atoms with van der Waals surface area (Å²) in [5, 5.41) is 171. The fraction of sp³-hybridized carbons (Fsp3) is 0.964. The first-order valence-corrected chi connectivity index (χ1v) is 29.8. The van der Waals surface area contributed by atoms with Crippen molar-refractivity contribution in [1.29, 1.82) is 0 Å². The first-order valence-electron chi connectivity index (χ1n) is 29.8. The Bertz CT molecular complexity index is 2180. The number of hydrogen-bond donors (Lipinski definition) is 16. The van der Waals surface area contributed by atoms with Crippen LogP contribution >= 0.6 is 0 Å². The van der Waals surface area contributed by atoms with E-state index < -0.39 is 186 Å². The Morgan fingerprint density at radius 1 is 0.614 bits per heavy atom. The Hall–Kier alpha value is -1.34. The summed E-state index contributed by atoms with van der Waals surface area (Å²) >= 11 is 0. The average molecular weight is 1200 g/mol. The summed E-state index contributed by atoms with van der Waals surface area (Å²) in [7, 11) is 0. The van der Waals surface area contributed by atoms with Crippen LogP contribution < -0.4 is 0 Å². The molecule has 0 bridgehead atoms. The predicted octanol–water partition coefficient (Wildman–Crippen LogP) is -4.54. The second kappa shape index (κ2) is 25.5.